The van der Waals surface area contributed by atoms with Crippen molar-refractivity contribution in [2.24, 2.45) is 30.2 Å². The Morgan fingerprint density at radius 1 is 1.14 bits per heavy atom. The molecule has 4 fully saturated rings. The molecule has 1 N–H and O–H groups in total. The lowest BCUT2D eigenvalue weighted by Gasteiger charge is -2.55. The highest BCUT2D eigenvalue weighted by Crippen LogP contribution is 2.60. The van der Waals surface area contributed by atoms with Gasteiger partial charge >= 0.3 is 0 Å². The summed E-state index contributed by atoms with van der Waals surface area (Å²) in [6.07, 6.45) is 8.93. The molecule has 1 heterocycles. The zero-order valence-electron chi connectivity index (χ0n) is 12.5. The molecule has 0 aliphatic heterocycles. The predicted molar refractivity (Wildman–Crippen MR) is 80.9 cm³/mol. The van der Waals surface area contributed by atoms with E-state index in [1.165, 1.54) is 29.9 Å². The fourth-order valence-electron chi connectivity index (χ4n) is 5.32. The van der Waals surface area contributed by atoms with Gasteiger partial charge in [0.05, 0.1) is 11.1 Å². The Labute approximate surface area is 124 Å². The summed E-state index contributed by atoms with van der Waals surface area (Å²) >= 11 is 0. The van der Waals surface area contributed by atoms with Crippen LogP contribution >= 0.6 is 0 Å². The van der Waals surface area contributed by atoms with Gasteiger partial charge in [0, 0.05) is 19.3 Å². The van der Waals surface area contributed by atoms with Gasteiger partial charge in [-0.05, 0) is 62.3 Å². The van der Waals surface area contributed by atoms with E-state index in [2.05, 4.69) is 5.32 Å². The van der Waals surface area contributed by atoms with E-state index in [0.29, 0.717) is 0 Å². The minimum atomic E-state index is -0.135. The van der Waals surface area contributed by atoms with E-state index < -0.39 is 0 Å². The standard InChI is InChI=1S/C17H22N2O2/c1-19-10-14(2-3-15(19)20)18-16(21)17-7-11-4-12(8-17)6-13(5-11)9-17/h2-3,10-13H,4-9H2,1H3,(H,18,21). The number of carbonyl (C=O) groups is 1. The van der Waals surface area contributed by atoms with Gasteiger partial charge in [0.15, 0.2) is 0 Å². The molecule has 1 aromatic heterocycles. The van der Waals surface area contributed by atoms with Crippen LogP contribution in [0.25, 0.3) is 0 Å². The molecule has 4 aliphatic carbocycles. The second-order valence-corrected chi connectivity index (χ2v) is 7.52. The van der Waals surface area contributed by atoms with Crippen molar-refractivity contribution < 1.29 is 4.79 Å². The third-order valence-electron chi connectivity index (χ3n) is 5.86. The molecule has 21 heavy (non-hydrogen) atoms. The number of pyridine rings is 1. The average molecular weight is 286 g/mol. The molecule has 4 bridgehead atoms. The molecular formula is C17H22N2O2. The zero-order valence-corrected chi connectivity index (χ0v) is 12.5. The second kappa shape index (κ2) is 4.46. The average Bonchev–Trinajstić information content (AvgIpc) is 2.41. The molecule has 0 unspecified atom stereocenters. The molecule has 4 heteroatoms. The Balaban J connectivity index is 1.57. The van der Waals surface area contributed by atoms with Crippen molar-refractivity contribution >= 4 is 11.6 Å². The van der Waals surface area contributed by atoms with Crippen molar-refractivity contribution in [3.63, 3.8) is 0 Å². The summed E-state index contributed by atoms with van der Waals surface area (Å²) in [6.45, 7) is 0. The number of nitrogens with one attached hydrogen (secondary N) is 1. The number of aryl methyl sites for hydroxylation is 1. The minimum absolute atomic E-state index is 0.0530. The van der Waals surface area contributed by atoms with Gasteiger partial charge in [-0.25, -0.2) is 0 Å². The van der Waals surface area contributed by atoms with Gasteiger partial charge in [-0.1, -0.05) is 0 Å². The van der Waals surface area contributed by atoms with Gasteiger partial charge < -0.3 is 9.88 Å². The zero-order chi connectivity index (χ0) is 14.6. The maximum absolute atomic E-state index is 12.9. The molecule has 0 aromatic carbocycles. The number of aromatic nitrogens is 1. The quantitative estimate of drug-likeness (QED) is 0.908. The van der Waals surface area contributed by atoms with Crippen LogP contribution in [-0.2, 0) is 11.8 Å². The second-order valence-electron chi connectivity index (χ2n) is 7.52. The molecule has 0 spiro atoms. The number of hydrogen-bond acceptors (Lipinski definition) is 2. The lowest BCUT2D eigenvalue weighted by Crippen LogP contribution is -2.51. The summed E-state index contributed by atoms with van der Waals surface area (Å²) in [5, 5.41) is 3.07. The summed E-state index contributed by atoms with van der Waals surface area (Å²) in [6, 6.07) is 3.22. The summed E-state index contributed by atoms with van der Waals surface area (Å²) < 4.78 is 1.51. The molecule has 112 valence electrons. The Bertz CT molecular complexity index is 611. The van der Waals surface area contributed by atoms with Crippen LogP contribution in [0.4, 0.5) is 5.69 Å². The van der Waals surface area contributed by atoms with Gasteiger partial charge in [0.25, 0.3) is 0 Å². The van der Waals surface area contributed by atoms with Crippen LogP contribution in [0.3, 0.4) is 0 Å². The number of hydrogen-bond donors (Lipinski definition) is 1. The number of amides is 1. The van der Waals surface area contributed by atoms with Crippen molar-refractivity contribution in [2.45, 2.75) is 38.5 Å². The van der Waals surface area contributed by atoms with Crippen LogP contribution in [0.5, 0.6) is 0 Å². The number of carbonyl (C=O) groups excluding carboxylic acids is 1. The Kier molecular flexibility index (Phi) is 2.78. The highest BCUT2D eigenvalue weighted by Gasteiger charge is 2.54. The first kappa shape index (κ1) is 13.1. The predicted octanol–water partition coefficient (Wildman–Crippen LogP) is 2.54. The van der Waals surface area contributed by atoms with Crippen LogP contribution in [-0.4, -0.2) is 10.5 Å². The largest absolute Gasteiger partial charge is 0.324 e. The summed E-state index contributed by atoms with van der Waals surface area (Å²) in [5.74, 6) is 2.48. The maximum atomic E-state index is 12.9. The first-order valence-corrected chi connectivity index (χ1v) is 8.02. The molecule has 1 amide bonds. The lowest BCUT2D eigenvalue weighted by atomic mass is 9.49. The van der Waals surface area contributed by atoms with E-state index in [0.717, 1.165) is 42.7 Å². The summed E-state index contributed by atoms with van der Waals surface area (Å²) in [7, 11) is 1.71. The third-order valence-corrected chi connectivity index (χ3v) is 5.86. The lowest BCUT2D eigenvalue weighted by molar-refractivity contribution is -0.140. The van der Waals surface area contributed by atoms with Crippen molar-refractivity contribution in [3.05, 3.63) is 28.7 Å². The molecule has 4 saturated carbocycles. The van der Waals surface area contributed by atoms with Crippen LogP contribution in [0.15, 0.2) is 23.1 Å². The monoisotopic (exact) mass is 286 g/mol. The van der Waals surface area contributed by atoms with Gasteiger partial charge in [-0.3, -0.25) is 9.59 Å². The van der Waals surface area contributed by atoms with Gasteiger partial charge in [-0.15, -0.1) is 0 Å². The molecule has 0 atom stereocenters. The van der Waals surface area contributed by atoms with Crippen molar-refractivity contribution in [1.29, 1.82) is 0 Å². The van der Waals surface area contributed by atoms with E-state index in [4.69, 9.17) is 0 Å². The molecule has 1 aromatic rings. The fourth-order valence-corrected chi connectivity index (χ4v) is 5.32. The molecule has 4 nitrogen and oxygen atoms in total. The SMILES string of the molecule is Cn1cc(NC(=O)C23CC4CC(CC(C4)C2)C3)ccc1=O. The molecular weight excluding hydrogens is 264 g/mol. The number of nitrogens with zero attached hydrogens (tertiary/aromatic N) is 1. The summed E-state index contributed by atoms with van der Waals surface area (Å²) in [4.78, 5) is 24.3. The maximum Gasteiger partial charge on any atom is 0.250 e. The van der Waals surface area contributed by atoms with Crippen LogP contribution in [0, 0.1) is 23.2 Å². The Hall–Kier alpha value is -1.58. The van der Waals surface area contributed by atoms with E-state index in [9.17, 15) is 9.59 Å². The topological polar surface area (TPSA) is 51.1 Å². The van der Waals surface area contributed by atoms with Crippen LogP contribution < -0.4 is 10.9 Å². The molecule has 0 saturated heterocycles. The van der Waals surface area contributed by atoms with Crippen molar-refractivity contribution in [2.75, 3.05) is 5.32 Å². The van der Waals surface area contributed by atoms with Crippen molar-refractivity contribution in [3.8, 4) is 0 Å². The van der Waals surface area contributed by atoms with Gasteiger partial charge in [0.1, 0.15) is 0 Å². The van der Waals surface area contributed by atoms with E-state index in [1.54, 1.807) is 19.3 Å². The van der Waals surface area contributed by atoms with Crippen LogP contribution in [0.2, 0.25) is 0 Å². The molecule has 4 aliphatic rings. The van der Waals surface area contributed by atoms with E-state index in [1.807, 2.05) is 0 Å². The normalized spacial score (nSPS) is 36.7. The molecule has 5 rings (SSSR count). The van der Waals surface area contributed by atoms with Gasteiger partial charge in [-0.2, -0.15) is 0 Å². The first-order chi connectivity index (χ1) is 10.0. The number of anilines is 1. The number of rotatable bonds is 2. The first-order valence-electron chi connectivity index (χ1n) is 8.02. The molecule has 0 radical (unpaired) electrons. The minimum Gasteiger partial charge on any atom is -0.324 e. The Morgan fingerprint density at radius 2 is 1.71 bits per heavy atom. The smallest absolute Gasteiger partial charge is 0.250 e. The van der Waals surface area contributed by atoms with E-state index in [-0.39, 0.29) is 16.9 Å². The summed E-state index contributed by atoms with van der Waals surface area (Å²) in [5.41, 5.74) is 0.546. The highest BCUT2D eigenvalue weighted by atomic mass is 16.2. The van der Waals surface area contributed by atoms with Crippen LogP contribution in [0.1, 0.15) is 38.5 Å². The van der Waals surface area contributed by atoms with E-state index >= 15 is 0 Å². The highest BCUT2D eigenvalue weighted by molar-refractivity contribution is 5.95. The fraction of sp³-hybridized carbons (Fsp3) is 0.647. The Morgan fingerprint density at radius 3 is 2.24 bits per heavy atom. The van der Waals surface area contributed by atoms with Crippen molar-refractivity contribution in [1.82, 2.24) is 4.57 Å². The van der Waals surface area contributed by atoms with Gasteiger partial charge in [0.2, 0.25) is 11.5 Å². The third kappa shape index (κ3) is 2.12.